The van der Waals surface area contributed by atoms with Crippen molar-refractivity contribution >= 4 is 17.7 Å². The average molecular weight is 204 g/mol. The Hall–Kier alpha value is -0.220. The van der Waals surface area contributed by atoms with Gasteiger partial charge in [-0.3, -0.25) is 4.79 Å². The predicted octanol–water partition coefficient (Wildman–Crippen LogP) is 1.67. The molecular weight excluding hydrogens is 188 g/mol. The Balaban J connectivity index is 2.18. The summed E-state index contributed by atoms with van der Waals surface area (Å²) < 4.78 is 9.60. The van der Waals surface area contributed by atoms with Gasteiger partial charge >= 0.3 is 5.97 Å². The molecule has 1 rings (SSSR count). The minimum Gasteiger partial charge on any atom is -0.469 e. The highest BCUT2D eigenvalue weighted by Crippen LogP contribution is 2.51. The van der Waals surface area contributed by atoms with Crippen LogP contribution in [0, 0.1) is 5.41 Å². The van der Waals surface area contributed by atoms with Crippen LogP contribution in [-0.4, -0.2) is 31.9 Å². The molecule has 0 radical (unpaired) electrons. The van der Waals surface area contributed by atoms with Crippen LogP contribution in [0.1, 0.15) is 19.3 Å². The van der Waals surface area contributed by atoms with Gasteiger partial charge in [0.2, 0.25) is 0 Å². The number of carbonyl (C=O) groups is 1. The van der Waals surface area contributed by atoms with Crippen LogP contribution < -0.4 is 0 Å². The van der Waals surface area contributed by atoms with Gasteiger partial charge < -0.3 is 9.47 Å². The highest BCUT2D eigenvalue weighted by molar-refractivity contribution is 7.99. The van der Waals surface area contributed by atoms with Gasteiger partial charge in [-0.25, -0.2) is 0 Å². The zero-order valence-corrected chi connectivity index (χ0v) is 8.99. The Bertz CT molecular complexity index is 178. The molecular formula is C9H16O3S. The number of hydrogen-bond acceptors (Lipinski definition) is 4. The minimum absolute atomic E-state index is 0.0875. The van der Waals surface area contributed by atoms with E-state index in [-0.39, 0.29) is 11.4 Å². The van der Waals surface area contributed by atoms with Crippen LogP contribution in [0.3, 0.4) is 0 Å². The molecule has 0 bridgehead atoms. The summed E-state index contributed by atoms with van der Waals surface area (Å²) in [6, 6.07) is 0. The van der Waals surface area contributed by atoms with Gasteiger partial charge in [-0.1, -0.05) is 0 Å². The number of hydrogen-bond donors (Lipinski definition) is 0. The molecule has 4 heteroatoms. The summed E-state index contributed by atoms with van der Waals surface area (Å²) in [7, 11) is 3.13. The number of esters is 1. The van der Waals surface area contributed by atoms with E-state index in [4.69, 9.17) is 4.74 Å². The van der Waals surface area contributed by atoms with Crippen LogP contribution in [0.15, 0.2) is 0 Å². The summed E-state index contributed by atoms with van der Waals surface area (Å²) in [5.74, 6) is 1.63. The molecule has 1 aliphatic rings. The standard InChI is InChI=1S/C9H16O3S/c1-11-7-13-6-9(3-4-9)5-8(10)12-2/h3-7H2,1-2H3. The van der Waals surface area contributed by atoms with Gasteiger partial charge in [0.25, 0.3) is 0 Å². The van der Waals surface area contributed by atoms with Crippen molar-refractivity contribution in [2.24, 2.45) is 5.41 Å². The van der Waals surface area contributed by atoms with Crippen LogP contribution in [0.2, 0.25) is 0 Å². The molecule has 0 heterocycles. The third kappa shape index (κ3) is 3.56. The predicted molar refractivity (Wildman–Crippen MR) is 52.6 cm³/mol. The normalized spacial score (nSPS) is 18.3. The largest absolute Gasteiger partial charge is 0.469 e. The van der Waals surface area contributed by atoms with Gasteiger partial charge in [0.1, 0.15) is 0 Å². The Morgan fingerprint density at radius 1 is 1.46 bits per heavy atom. The first kappa shape index (κ1) is 10.9. The highest BCUT2D eigenvalue weighted by atomic mass is 32.2. The molecule has 0 atom stereocenters. The van der Waals surface area contributed by atoms with Crippen LogP contribution in [0.5, 0.6) is 0 Å². The number of thioether (sulfide) groups is 1. The first-order valence-corrected chi connectivity index (χ1v) is 5.51. The Morgan fingerprint density at radius 3 is 2.62 bits per heavy atom. The molecule has 0 N–H and O–H groups in total. The molecule has 0 amide bonds. The number of methoxy groups -OCH3 is 2. The summed E-state index contributed by atoms with van der Waals surface area (Å²) in [5.41, 5.74) is 0.232. The lowest BCUT2D eigenvalue weighted by Gasteiger charge is -2.12. The van der Waals surface area contributed by atoms with Gasteiger partial charge in [-0.05, 0) is 18.3 Å². The number of ether oxygens (including phenoxy) is 2. The van der Waals surface area contributed by atoms with Crippen molar-refractivity contribution < 1.29 is 14.3 Å². The zero-order valence-electron chi connectivity index (χ0n) is 8.17. The molecule has 0 aromatic carbocycles. The molecule has 13 heavy (non-hydrogen) atoms. The van der Waals surface area contributed by atoms with Gasteiger partial charge in [0, 0.05) is 12.9 Å². The Kier molecular flexibility index (Phi) is 4.06. The minimum atomic E-state index is -0.0875. The van der Waals surface area contributed by atoms with Crippen molar-refractivity contribution in [1.29, 1.82) is 0 Å². The third-order valence-corrected chi connectivity index (χ3v) is 3.53. The molecule has 1 saturated carbocycles. The fourth-order valence-electron chi connectivity index (χ4n) is 1.27. The van der Waals surface area contributed by atoms with Crippen LogP contribution in [-0.2, 0) is 14.3 Å². The Labute approximate surface area is 83.2 Å². The van der Waals surface area contributed by atoms with Crippen molar-refractivity contribution in [1.82, 2.24) is 0 Å². The first-order chi connectivity index (χ1) is 6.22. The van der Waals surface area contributed by atoms with E-state index in [2.05, 4.69) is 4.74 Å². The van der Waals surface area contributed by atoms with E-state index in [0.29, 0.717) is 12.4 Å². The highest BCUT2D eigenvalue weighted by Gasteiger charge is 2.44. The van der Waals surface area contributed by atoms with E-state index in [1.807, 2.05) is 0 Å². The van der Waals surface area contributed by atoms with Gasteiger partial charge in [0.15, 0.2) is 0 Å². The lowest BCUT2D eigenvalue weighted by atomic mass is 10.1. The van der Waals surface area contributed by atoms with Gasteiger partial charge in [-0.15, -0.1) is 11.8 Å². The van der Waals surface area contributed by atoms with Crippen molar-refractivity contribution in [3.05, 3.63) is 0 Å². The van der Waals surface area contributed by atoms with Crippen LogP contribution in [0.25, 0.3) is 0 Å². The van der Waals surface area contributed by atoms with Crippen molar-refractivity contribution in [2.45, 2.75) is 19.3 Å². The van der Waals surface area contributed by atoms with Crippen molar-refractivity contribution in [3.8, 4) is 0 Å². The number of carbonyl (C=O) groups excluding carboxylic acids is 1. The van der Waals surface area contributed by atoms with Gasteiger partial charge in [-0.2, -0.15) is 0 Å². The van der Waals surface area contributed by atoms with Gasteiger partial charge in [0.05, 0.1) is 19.5 Å². The fraction of sp³-hybridized carbons (Fsp3) is 0.889. The molecule has 0 aromatic heterocycles. The van der Waals surface area contributed by atoms with E-state index in [1.165, 1.54) is 7.11 Å². The summed E-state index contributed by atoms with van der Waals surface area (Å²) in [6.07, 6.45) is 2.87. The van der Waals surface area contributed by atoms with E-state index >= 15 is 0 Å². The SMILES string of the molecule is COCSCC1(CC(=O)OC)CC1. The first-order valence-electron chi connectivity index (χ1n) is 4.36. The van der Waals surface area contributed by atoms with Crippen molar-refractivity contribution in [2.75, 3.05) is 25.9 Å². The number of rotatable bonds is 6. The van der Waals surface area contributed by atoms with E-state index in [0.717, 1.165) is 18.6 Å². The summed E-state index contributed by atoms with van der Waals surface area (Å²) in [4.78, 5) is 11.0. The fourth-order valence-corrected chi connectivity index (χ4v) is 2.34. The summed E-state index contributed by atoms with van der Waals surface area (Å²) in [6.45, 7) is 0. The molecule has 0 spiro atoms. The van der Waals surface area contributed by atoms with Crippen molar-refractivity contribution in [3.63, 3.8) is 0 Å². The van der Waals surface area contributed by atoms with Crippen LogP contribution >= 0.6 is 11.8 Å². The van der Waals surface area contributed by atoms with E-state index in [9.17, 15) is 4.79 Å². The monoisotopic (exact) mass is 204 g/mol. The van der Waals surface area contributed by atoms with E-state index < -0.39 is 0 Å². The summed E-state index contributed by atoms with van der Waals surface area (Å²) >= 11 is 1.75. The summed E-state index contributed by atoms with van der Waals surface area (Å²) in [5, 5.41) is 0. The molecule has 1 fully saturated rings. The smallest absolute Gasteiger partial charge is 0.306 e. The topological polar surface area (TPSA) is 35.5 Å². The molecule has 76 valence electrons. The lowest BCUT2D eigenvalue weighted by Crippen LogP contribution is -2.13. The molecule has 1 aliphatic carbocycles. The maximum Gasteiger partial charge on any atom is 0.306 e. The molecule has 0 saturated heterocycles. The van der Waals surface area contributed by atoms with Crippen LogP contribution in [0.4, 0.5) is 0 Å². The van der Waals surface area contributed by atoms with E-state index in [1.54, 1.807) is 18.9 Å². The second kappa shape index (κ2) is 4.86. The molecule has 0 unspecified atom stereocenters. The second-order valence-corrected chi connectivity index (χ2v) is 4.44. The maximum atomic E-state index is 11.0. The Morgan fingerprint density at radius 2 is 2.15 bits per heavy atom. The quantitative estimate of drug-likeness (QED) is 0.374. The second-order valence-electron chi connectivity index (χ2n) is 3.51. The lowest BCUT2D eigenvalue weighted by molar-refractivity contribution is -0.141. The maximum absolute atomic E-state index is 11.0. The average Bonchev–Trinajstić information content (AvgIpc) is 2.86. The zero-order chi connectivity index (χ0) is 9.73. The molecule has 0 aromatic rings. The molecule has 0 aliphatic heterocycles. The third-order valence-electron chi connectivity index (χ3n) is 2.31. The molecule has 3 nitrogen and oxygen atoms in total.